The summed E-state index contributed by atoms with van der Waals surface area (Å²) in [5.41, 5.74) is -1.32. The quantitative estimate of drug-likeness (QED) is 0.798. The number of aromatic nitrogens is 2. The van der Waals surface area contributed by atoms with Crippen molar-refractivity contribution in [2.75, 3.05) is 7.05 Å². The van der Waals surface area contributed by atoms with Crippen LogP contribution in [0.4, 0.5) is 0 Å². The summed E-state index contributed by atoms with van der Waals surface area (Å²) < 4.78 is 28.7. The molecule has 1 aliphatic carbocycles. The van der Waals surface area contributed by atoms with E-state index in [4.69, 9.17) is 0 Å². The van der Waals surface area contributed by atoms with E-state index in [2.05, 4.69) is 6.92 Å². The predicted octanol–water partition coefficient (Wildman–Crippen LogP) is 0.283. The van der Waals surface area contributed by atoms with Crippen LogP contribution in [0, 0.1) is 5.92 Å². The van der Waals surface area contributed by atoms with Gasteiger partial charge in [0, 0.05) is 33.4 Å². The SMILES string of the molecule is CC1CCC(N(C)S(=O)(=O)c2cn(C)c(=O)n(C)c2=O)CC1. The highest BCUT2D eigenvalue weighted by molar-refractivity contribution is 7.89. The van der Waals surface area contributed by atoms with Gasteiger partial charge in [0.1, 0.15) is 0 Å². The first kappa shape index (κ1) is 17.0. The van der Waals surface area contributed by atoms with E-state index < -0.39 is 21.3 Å². The molecule has 0 N–H and O–H groups in total. The van der Waals surface area contributed by atoms with Crippen LogP contribution in [0.1, 0.15) is 32.6 Å². The van der Waals surface area contributed by atoms with Crippen molar-refractivity contribution in [2.45, 2.75) is 43.5 Å². The average molecular weight is 329 g/mol. The van der Waals surface area contributed by atoms with Crippen LogP contribution < -0.4 is 11.2 Å². The molecular weight excluding hydrogens is 306 g/mol. The van der Waals surface area contributed by atoms with Gasteiger partial charge in [0.05, 0.1) is 0 Å². The first-order valence-electron chi connectivity index (χ1n) is 7.41. The van der Waals surface area contributed by atoms with Gasteiger partial charge in [-0.1, -0.05) is 6.92 Å². The molecule has 22 heavy (non-hydrogen) atoms. The second kappa shape index (κ2) is 6.00. The van der Waals surface area contributed by atoms with Crippen molar-refractivity contribution in [3.05, 3.63) is 27.0 Å². The van der Waals surface area contributed by atoms with Gasteiger partial charge in [0.2, 0.25) is 10.0 Å². The van der Waals surface area contributed by atoms with Gasteiger partial charge in [0.15, 0.2) is 4.90 Å². The summed E-state index contributed by atoms with van der Waals surface area (Å²) in [6.45, 7) is 2.16. The van der Waals surface area contributed by atoms with Crippen LogP contribution in [-0.2, 0) is 24.1 Å². The first-order valence-corrected chi connectivity index (χ1v) is 8.85. The zero-order valence-corrected chi connectivity index (χ0v) is 14.3. The van der Waals surface area contributed by atoms with Gasteiger partial charge < -0.3 is 4.57 Å². The monoisotopic (exact) mass is 329 g/mol. The Labute approximate surface area is 130 Å². The lowest BCUT2D eigenvalue weighted by molar-refractivity contribution is 0.245. The van der Waals surface area contributed by atoms with Crippen molar-refractivity contribution < 1.29 is 8.42 Å². The predicted molar refractivity (Wildman–Crippen MR) is 83.3 cm³/mol. The third-order valence-electron chi connectivity index (χ3n) is 4.57. The van der Waals surface area contributed by atoms with E-state index in [0.29, 0.717) is 5.92 Å². The van der Waals surface area contributed by atoms with Gasteiger partial charge in [-0.05, 0) is 31.6 Å². The second-order valence-corrected chi connectivity index (χ2v) is 8.15. The van der Waals surface area contributed by atoms with Crippen LogP contribution >= 0.6 is 0 Å². The van der Waals surface area contributed by atoms with Crippen LogP contribution in [0.5, 0.6) is 0 Å². The number of sulfonamides is 1. The average Bonchev–Trinajstić information content (AvgIpc) is 2.48. The Morgan fingerprint density at radius 3 is 2.23 bits per heavy atom. The van der Waals surface area contributed by atoms with E-state index >= 15 is 0 Å². The fourth-order valence-corrected chi connectivity index (χ4v) is 4.47. The topological polar surface area (TPSA) is 81.4 Å². The lowest BCUT2D eigenvalue weighted by Gasteiger charge is -2.32. The number of hydrogen-bond donors (Lipinski definition) is 0. The largest absolute Gasteiger partial charge is 0.330 e. The van der Waals surface area contributed by atoms with Crippen molar-refractivity contribution in [1.82, 2.24) is 13.4 Å². The molecule has 0 unspecified atom stereocenters. The van der Waals surface area contributed by atoms with Crippen molar-refractivity contribution in [3.8, 4) is 0 Å². The number of aryl methyl sites for hydroxylation is 1. The molecule has 0 aliphatic heterocycles. The Hall–Kier alpha value is -1.41. The Kier molecular flexibility index (Phi) is 4.62. The number of rotatable bonds is 3. The van der Waals surface area contributed by atoms with Crippen LogP contribution in [0.2, 0.25) is 0 Å². The fourth-order valence-electron chi connectivity index (χ4n) is 2.91. The molecule has 0 amide bonds. The van der Waals surface area contributed by atoms with E-state index in [0.717, 1.165) is 41.0 Å². The van der Waals surface area contributed by atoms with Gasteiger partial charge in [0.25, 0.3) is 5.56 Å². The zero-order chi connectivity index (χ0) is 16.7. The summed E-state index contributed by atoms with van der Waals surface area (Å²) in [7, 11) is 0.323. The zero-order valence-electron chi connectivity index (χ0n) is 13.4. The minimum absolute atomic E-state index is 0.0943. The summed E-state index contributed by atoms with van der Waals surface area (Å²) in [5.74, 6) is 0.609. The molecule has 1 fully saturated rings. The Morgan fingerprint density at radius 1 is 1.14 bits per heavy atom. The molecule has 1 aromatic heterocycles. The molecule has 0 saturated heterocycles. The van der Waals surface area contributed by atoms with E-state index in [1.165, 1.54) is 25.4 Å². The minimum Gasteiger partial charge on any atom is -0.302 e. The van der Waals surface area contributed by atoms with Crippen molar-refractivity contribution in [1.29, 1.82) is 0 Å². The third-order valence-corrected chi connectivity index (χ3v) is 6.46. The maximum atomic E-state index is 12.7. The molecule has 1 aromatic rings. The van der Waals surface area contributed by atoms with Crippen molar-refractivity contribution in [2.24, 2.45) is 20.0 Å². The first-order chi connectivity index (χ1) is 10.2. The molecule has 124 valence electrons. The van der Waals surface area contributed by atoms with E-state index in [1.54, 1.807) is 0 Å². The molecule has 0 atom stereocenters. The molecule has 1 aliphatic rings. The van der Waals surface area contributed by atoms with Crippen LogP contribution in [0.25, 0.3) is 0 Å². The molecule has 0 aromatic carbocycles. The summed E-state index contributed by atoms with van der Waals surface area (Å²) in [6.07, 6.45) is 4.67. The van der Waals surface area contributed by atoms with Gasteiger partial charge in [-0.3, -0.25) is 9.36 Å². The lowest BCUT2D eigenvalue weighted by atomic mass is 9.87. The van der Waals surface area contributed by atoms with E-state index in [9.17, 15) is 18.0 Å². The van der Waals surface area contributed by atoms with Crippen molar-refractivity contribution in [3.63, 3.8) is 0 Å². The van der Waals surface area contributed by atoms with Crippen LogP contribution in [-0.4, -0.2) is 34.9 Å². The van der Waals surface area contributed by atoms with E-state index in [1.807, 2.05) is 0 Å². The highest BCUT2D eigenvalue weighted by atomic mass is 32.2. The standard InChI is InChI=1S/C14H23N3O4S/c1-10-5-7-11(8-6-10)17(4)22(20,21)12-9-15(2)14(19)16(3)13(12)18/h9-11H,5-8H2,1-4H3. The molecule has 0 spiro atoms. The Balaban J connectivity index is 2.43. The maximum Gasteiger partial charge on any atom is 0.330 e. The lowest BCUT2D eigenvalue weighted by Crippen LogP contribution is -2.45. The summed E-state index contributed by atoms with van der Waals surface area (Å²) >= 11 is 0. The van der Waals surface area contributed by atoms with Crippen LogP contribution in [0.15, 0.2) is 20.7 Å². The molecule has 7 nitrogen and oxygen atoms in total. The van der Waals surface area contributed by atoms with Gasteiger partial charge >= 0.3 is 5.69 Å². The van der Waals surface area contributed by atoms with Crippen LogP contribution in [0.3, 0.4) is 0 Å². The van der Waals surface area contributed by atoms with Gasteiger partial charge in [-0.25, -0.2) is 13.2 Å². The molecule has 0 radical (unpaired) electrons. The summed E-state index contributed by atoms with van der Waals surface area (Å²) in [4.78, 5) is 23.5. The third kappa shape index (κ3) is 2.89. The molecule has 0 bridgehead atoms. The fraction of sp³-hybridized carbons (Fsp3) is 0.714. The molecule has 1 saturated carbocycles. The Bertz CT molecular complexity index is 770. The van der Waals surface area contributed by atoms with Gasteiger partial charge in [-0.15, -0.1) is 0 Å². The van der Waals surface area contributed by atoms with E-state index in [-0.39, 0.29) is 10.9 Å². The number of hydrogen-bond acceptors (Lipinski definition) is 4. The second-order valence-electron chi connectivity index (χ2n) is 6.19. The minimum atomic E-state index is -3.91. The summed E-state index contributed by atoms with van der Waals surface area (Å²) in [5, 5.41) is 0. The molecular formula is C14H23N3O4S. The summed E-state index contributed by atoms with van der Waals surface area (Å²) in [6, 6.07) is -0.0943. The smallest absolute Gasteiger partial charge is 0.302 e. The van der Waals surface area contributed by atoms with Crippen molar-refractivity contribution >= 4 is 10.0 Å². The molecule has 2 rings (SSSR count). The molecule has 8 heteroatoms. The van der Waals surface area contributed by atoms with Gasteiger partial charge in [-0.2, -0.15) is 4.31 Å². The Morgan fingerprint density at radius 2 is 1.68 bits per heavy atom. The normalized spacial score (nSPS) is 23.0. The molecule has 1 heterocycles. The number of nitrogens with zero attached hydrogens (tertiary/aromatic N) is 3. The highest BCUT2D eigenvalue weighted by Crippen LogP contribution is 2.28. The highest BCUT2D eigenvalue weighted by Gasteiger charge is 2.33. The maximum absolute atomic E-state index is 12.7.